The molecular formula is C17H32N2O. The maximum atomic E-state index is 5.86. The number of ether oxygens (including phenoxy) is 1. The largest absolute Gasteiger partial charge is 0.370 e. The second-order valence-electron chi connectivity index (χ2n) is 4.41. The van der Waals surface area contributed by atoms with Gasteiger partial charge in [-0.25, -0.2) is 0 Å². The molecule has 2 heterocycles. The van der Waals surface area contributed by atoms with Crippen LogP contribution in [-0.4, -0.2) is 49.8 Å². The molecule has 0 saturated carbocycles. The molecule has 1 N–H and O–H groups in total. The van der Waals surface area contributed by atoms with Gasteiger partial charge >= 0.3 is 0 Å². The molecule has 2 rings (SSSR count). The Morgan fingerprint density at radius 1 is 1.15 bits per heavy atom. The van der Waals surface area contributed by atoms with Gasteiger partial charge < -0.3 is 10.1 Å². The van der Waals surface area contributed by atoms with Crippen LogP contribution in [0.2, 0.25) is 0 Å². The van der Waals surface area contributed by atoms with E-state index in [1.54, 1.807) is 0 Å². The van der Waals surface area contributed by atoms with Gasteiger partial charge in [-0.05, 0) is 5.57 Å². The summed E-state index contributed by atoms with van der Waals surface area (Å²) in [6.45, 7) is 20.5. The molecular weight excluding hydrogens is 248 g/mol. The van der Waals surface area contributed by atoms with Crippen LogP contribution in [0.15, 0.2) is 37.0 Å². The maximum Gasteiger partial charge on any atom is 0.0831 e. The lowest BCUT2D eigenvalue weighted by Gasteiger charge is -2.42. The Balaban J connectivity index is 0.000000829. The van der Waals surface area contributed by atoms with Gasteiger partial charge in [0.1, 0.15) is 0 Å². The second kappa shape index (κ2) is 11.9. The fraction of sp³-hybridized carbons (Fsp3) is 0.647. The van der Waals surface area contributed by atoms with Gasteiger partial charge in [0.2, 0.25) is 0 Å². The zero-order chi connectivity index (χ0) is 15.4. The lowest BCUT2D eigenvalue weighted by atomic mass is 10.1. The summed E-state index contributed by atoms with van der Waals surface area (Å²) in [5.74, 6) is 0. The van der Waals surface area contributed by atoms with E-state index < -0.39 is 0 Å². The molecule has 3 nitrogen and oxygen atoms in total. The number of fused-ring (bicyclic) bond motifs is 2. The Morgan fingerprint density at radius 2 is 1.70 bits per heavy atom. The van der Waals surface area contributed by atoms with Gasteiger partial charge in [-0.2, -0.15) is 0 Å². The van der Waals surface area contributed by atoms with Crippen LogP contribution >= 0.6 is 0 Å². The normalized spacial score (nSPS) is 25.5. The Labute approximate surface area is 125 Å². The summed E-state index contributed by atoms with van der Waals surface area (Å²) in [4.78, 5) is 2.44. The molecule has 2 saturated heterocycles. The minimum atomic E-state index is 0.349. The van der Waals surface area contributed by atoms with Crippen LogP contribution in [0.4, 0.5) is 0 Å². The Morgan fingerprint density at radius 3 is 2.15 bits per heavy atom. The highest BCUT2D eigenvalue weighted by Crippen LogP contribution is 2.15. The Hall–Kier alpha value is -0.900. The number of nitrogens with one attached hydrogen (secondary N) is 1. The van der Waals surface area contributed by atoms with E-state index in [2.05, 4.69) is 23.4 Å². The lowest BCUT2D eigenvalue weighted by Crippen LogP contribution is -2.58. The molecule has 3 heteroatoms. The first-order valence-corrected chi connectivity index (χ1v) is 7.84. The van der Waals surface area contributed by atoms with Crippen molar-refractivity contribution >= 4 is 0 Å². The minimum Gasteiger partial charge on any atom is -0.370 e. The molecule has 2 aliphatic rings. The summed E-state index contributed by atoms with van der Waals surface area (Å²) >= 11 is 0. The third-order valence-corrected chi connectivity index (χ3v) is 3.05. The SMILES string of the molecule is C=C/C=C(\C=C)CN1CC2CNCC(C1)O2.CC.CC. The summed E-state index contributed by atoms with van der Waals surface area (Å²) in [6, 6.07) is 0. The molecule has 2 atom stereocenters. The predicted octanol–water partition coefficient (Wildman–Crippen LogP) is 3.01. The molecule has 2 aliphatic heterocycles. The van der Waals surface area contributed by atoms with Gasteiger partial charge in [0.05, 0.1) is 12.2 Å². The van der Waals surface area contributed by atoms with Crippen molar-refractivity contribution in [2.75, 3.05) is 32.7 Å². The highest BCUT2D eigenvalue weighted by Gasteiger charge is 2.30. The molecule has 0 aromatic heterocycles. The number of morpholine rings is 2. The van der Waals surface area contributed by atoms with E-state index in [-0.39, 0.29) is 0 Å². The second-order valence-corrected chi connectivity index (χ2v) is 4.41. The molecule has 0 aromatic carbocycles. The summed E-state index contributed by atoms with van der Waals surface area (Å²) < 4.78 is 5.86. The highest BCUT2D eigenvalue weighted by molar-refractivity contribution is 5.22. The fourth-order valence-electron chi connectivity index (χ4n) is 2.36. The first kappa shape index (κ1) is 19.1. The monoisotopic (exact) mass is 280 g/mol. The number of nitrogens with zero attached hydrogens (tertiary/aromatic N) is 1. The van der Waals surface area contributed by atoms with Crippen LogP contribution in [-0.2, 0) is 4.74 Å². The van der Waals surface area contributed by atoms with E-state index in [4.69, 9.17) is 4.74 Å². The van der Waals surface area contributed by atoms with E-state index in [1.807, 2.05) is 45.9 Å². The Bertz CT molecular complexity index is 287. The molecule has 2 bridgehead atoms. The lowest BCUT2D eigenvalue weighted by molar-refractivity contribution is -0.100. The van der Waals surface area contributed by atoms with Crippen molar-refractivity contribution in [3.8, 4) is 0 Å². The average Bonchev–Trinajstić information content (AvgIpc) is 2.50. The van der Waals surface area contributed by atoms with Crippen LogP contribution in [0.5, 0.6) is 0 Å². The summed E-state index contributed by atoms with van der Waals surface area (Å²) in [6.07, 6.45) is 6.45. The molecule has 0 spiro atoms. The predicted molar refractivity (Wildman–Crippen MR) is 89.1 cm³/mol. The van der Waals surface area contributed by atoms with E-state index >= 15 is 0 Å². The molecule has 20 heavy (non-hydrogen) atoms. The highest BCUT2D eigenvalue weighted by atomic mass is 16.5. The quantitative estimate of drug-likeness (QED) is 0.801. The van der Waals surface area contributed by atoms with E-state index in [1.165, 1.54) is 5.57 Å². The van der Waals surface area contributed by atoms with Gasteiger partial charge in [-0.15, -0.1) is 0 Å². The molecule has 0 aliphatic carbocycles. The molecule has 116 valence electrons. The van der Waals surface area contributed by atoms with Crippen molar-refractivity contribution in [2.24, 2.45) is 0 Å². The van der Waals surface area contributed by atoms with Gasteiger partial charge in [0, 0.05) is 32.7 Å². The number of hydrogen-bond acceptors (Lipinski definition) is 3. The summed E-state index contributed by atoms with van der Waals surface area (Å²) in [5, 5.41) is 3.40. The standard InChI is InChI=1S/C13H20N2O.2C2H6/c1-3-5-11(4-2)8-15-9-12-6-14-7-13(10-15)16-12;2*1-2/h3-5,12-14H,1-2,6-10H2;2*1-2H3/b11-5+;;. The zero-order valence-corrected chi connectivity index (χ0v) is 13.7. The van der Waals surface area contributed by atoms with Crippen molar-refractivity contribution in [2.45, 2.75) is 39.9 Å². The minimum absolute atomic E-state index is 0.349. The molecule has 0 radical (unpaired) electrons. The van der Waals surface area contributed by atoms with E-state index in [0.717, 1.165) is 32.7 Å². The Kier molecular flexibility index (Phi) is 11.4. The summed E-state index contributed by atoms with van der Waals surface area (Å²) in [7, 11) is 0. The molecule has 0 amide bonds. The van der Waals surface area contributed by atoms with Crippen LogP contribution in [0.25, 0.3) is 0 Å². The number of rotatable bonds is 4. The van der Waals surface area contributed by atoms with E-state index in [9.17, 15) is 0 Å². The number of hydrogen-bond donors (Lipinski definition) is 1. The van der Waals surface area contributed by atoms with Crippen molar-refractivity contribution in [3.63, 3.8) is 0 Å². The van der Waals surface area contributed by atoms with Gasteiger partial charge in [-0.1, -0.05) is 59.1 Å². The van der Waals surface area contributed by atoms with Crippen LogP contribution in [0.1, 0.15) is 27.7 Å². The number of allylic oxidation sites excluding steroid dienone is 2. The topological polar surface area (TPSA) is 24.5 Å². The molecule has 2 fully saturated rings. The van der Waals surface area contributed by atoms with Crippen molar-refractivity contribution in [3.05, 3.63) is 37.0 Å². The third-order valence-electron chi connectivity index (χ3n) is 3.05. The van der Waals surface area contributed by atoms with Gasteiger partial charge in [0.15, 0.2) is 0 Å². The molecule has 0 aromatic rings. The van der Waals surface area contributed by atoms with Gasteiger partial charge in [0.25, 0.3) is 0 Å². The summed E-state index contributed by atoms with van der Waals surface area (Å²) in [5.41, 5.74) is 1.22. The van der Waals surface area contributed by atoms with Crippen LogP contribution in [0.3, 0.4) is 0 Å². The van der Waals surface area contributed by atoms with Crippen LogP contribution in [0, 0.1) is 0 Å². The van der Waals surface area contributed by atoms with Crippen molar-refractivity contribution < 1.29 is 4.74 Å². The smallest absolute Gasteiger partial charge is 0.0831 e. The van der Waals surface area contributed by atoms with Crippen LogP contribution < -0.4 is 5.32 Å². The van der Waals surface area contributed by atoms with E-state index in [0.29, 0.717) is 12.2 Å². The molecule has 2 unspecified atom stereocenters. The van der Waals surface area contributed by atoms with Gasteiger partial charge in [-0.3, -0.25) is 4.90 Å². The van der Waals surface area contributed by atoms with Crippen molar-refractivity contribution in [1.82, 2.24) is 10.2 Å². The average molecular weight is 280 g/mol. The fourth-order valence-corrected chi connectivity index (χ4v) is 2.36. The first-order valence-electron chi connectivity index (χ1n) is 7.84. The zero-order valence-electron chi connectivity index (χ0n) is 13.7. The van der Waals surface area contributed by atoms with Crippen molar-refractivity contribution in [1.29, 1.82) is 0 Å². The first-order chi connectivity index (χ1) is 9.81. The third kappa shape index (κ3) is 6.51. The maximum absolute atomic E-state index is 5.86.